The summed E-state index contributed by atoms with van der Waals surface area (Å²) in [7, 11) is 0. The number of pyridine rings is 1. The number of carbonyl (C=O) groups excluding carboxylic acids is 2. The number of amides is 2. The second-order valence-electron chi connectivity index (χ2n) is 15.2. The molecule has 0 spiro atoms. The molecule has 0 unspecified atom stereocenters. The molecule has 2 aromatic heterocycles. The van der Waals surface area contributed by atoms with E-state index in [9.17, 15) is 19.8 Å². The predicted octanol–water partition coefficient (Wildman–Crippen LogP) is 4.33. The summed E-state index contributed by atoms with van der Waals surface area (Å²) in [6.45, 7) is 6.25. The molecule has 4 N–H and O–H groups in total. The molecule has 52 heavy (non-hydrogen) atoms. The van der Waals surface area contributed by atoms with Gasteiger partial charge in [0.15, 0.2) is 0 Å². The quantitative estimate of drug-likeness (QED) is 0.169. The van der Waals surface area contributed by atoms with Crippen molar-refractivity contribution in [3.05, 3.63) is 96.0 Å². The van der Waals surface area contributed by atoms with Crippen LogP contribution in [-0.2, 0) is 21.5 Å². The van der Waals surface area contributed by atoms with Gasteiger partial charge < -0.3 is 30.0 Å². The molecule has 276 valence electrons. The first-order valence-electron chi connectivity index (χ1n) is 18.7. The van der Waals surface area contributed by atoms with Gasteiger partial charge in [-0.2, -0.15) is 0 Å². The van der Waals surface area contributed by atoms with E-state index in [1.807, 2.05) is 66.7 Å². The monoisotopic (exact) mass is 709 g/mol. The number of nitrogens with zero attached hydrogens (tertiary/aromatic N) is 3. The molecule has 0 bridgehead atoms. The average molecular weight is 710 g/mol. The van der Waals surface area contributed by atoms with Gasteiger partial charge >= 0.3 is 0 Å². The number of aromatic nitrogens is 1. The topological polar surface area (TPSA) is 140 Å². The van der Waals surface area contributed by atoms with Crippen LogP contribution < -0.4 is 15.4 Å². The predicted molar refractivity (Wildman–Crippen MR) is 197 cm³/mol. The van der Waals surface area contributed by atoms with Crippen molar-refractivity contribution in [2.75, 3.05) is 32.8 Å². The highest BCUT2D eigenvalue weighted by Crippen LogP contribution is 2.35. The molecule has 5 atom stereocenters. The number of carbonyl (C=O) groups is 2. The van der Waals surface area contributed by atoms with E-state index >= 15 is 0 Å². The van der Waals surface area contributed by atoms with E-state index in [0.29, 0.717) is 31.8 Å². The highest BCUT2D eigenvalue weighted by molar-refractivity contribution is 5.83. The summed E-state index contributed by atoms with van der Waals surface area (Å²) in [5.74, 6) is 0.601. The van der Waals surface area contributed by atoms with Crippen molar-refractivity contribution in [2.24, 2.45) is 5.92 Å². The van der Waals surface area contributed by atoms with Crippen LogP contribution in [0.1, 0.15) is 68.9 Å². The number of ether oxygens (including phenoxy) is 1. The Kier molecular flexibility index (Phi) is 10.9. The van der Waals surface area contributed by atoms with Crippen LogP contribution in [-0.4, -0.2) is 93.9 Å². The Morgan fingerprint density at radius 3 is 2.58 bits per heavy atom. The van der Waals surface area contributed by atoms with Gasteiger partial charge in [0, 0.05) is 61.5 Å². The Balaban J connectivity index is 1.08. The van der Waals surface area contributed by atoms with Crippen molar-refractivity contribution in [3.8, 4) is 5.75 Å². The van der Waals surface area contributed by atoms with Crippen LogP contribution in [0.25, 0.3) is 11.0 Å². The average Bonchev–Trinajstić information content (AvgIpc) is 3.84. The number of hydrogen-bond donors (Lipinski definition) is 4. The molecule has 4 aromatic rings. The summed E-state index contributed by atoms with van der Waals surface area (Å²) in [4.78, 5) is 36.7. The van der Waals surface area contributed by atoms with Gasteiger partial charge in [-0.15, -0.1) is 0 Å². The molecule has 11 heteroatoms. The molecule has 2 amide bonds. The van der Waals surface area contributed by atoms with Gasteiger partial charge in [-0.1, -0.05) is 61.4 Å². The minimum atomic E-state index is -0.905. The smallest absolute Gasteiger partial charge is 0.238 e. The van der Waals surface area contributed by atoms with E-state index in [1.165, 1.54) is 0 Å². The number of aliphatic hydroxyl groups excluding tert-OH is 2. The van der Waals surface area contributed by atoms with Crippen LogP contribution in [0.5, 0.6) is 5.75 Å². The molecule has 11 nitrogen and oxygen atoms in total. The lowest BCUT2D eigenvalue weighted by molar-refractivity contribution is -0.133. The highest BCUT2D eigenvalue weighted by Gasteiger charge is 2.42. The number of furan rings is 1. The van der Waals surface area contributed by atoms with E-state index in [-0.39, 0.29) is 37.4 Å². The number of benzene rings is 2. The number of aliphatic hydroxyl groups is 2. The second kappa shape index (κ2) is 15.8. The van der Waals surface area contributed by atoms with Crippen LogP contribution in [0.3, 0.4) is 0 Å². The molecular formula is C41H51N5O6. The normalized spacial score (nSPS) is 22.7. The fourth-order valence-electron chi connectivity index (χ4n) is 8.15. The third-order valence-electron chi connectivity index (χ3n) is 11.2. The molecule has 1 saturated heterocycles. The lowest BCUT2D eigenvalue weighted by Crippen LogP contribution is -2.63. The third-order valence-corrected chi connectivity index (χ3v) is 11.2. The summed E-state index contributed by atoms with van der Waals surface area (Å²) in [6, 6.07) is 20.1. The third kappa shape index (κ3) is 8.02. The zero-order valence-electron chi connectivity index (χ0n) is 30.1. The number of nitrogens with one attached hydrogen (secondary N) is 2. The van der Waals surface area contributed by atoms with Gasteiger partial charge in [0.25, 0.3) is 0 Å². The van der Waals surface area contributed by atoms with E-state index in [1.54, 1.807) is 12.4 Å². The Morgan fingerprint density at radius 2 is 1.79 bits per heavy atom. The Hall–Kier alpha value is -4.29. The maximum atomic E-state index is 14.0. The van der Waals surface area contributed by atoms with Gasteiger partial charge in [-0.25, -0.2) is 0 Å². The van der Waals surface area contributed by atoms with Gasteiger partial charge in [0.05, 0.1) is 17.7 Å². The van der Waals surface area contributed by atoms with Crippen molar-refractivity contribution in [1.82, 2.24) is 25.4 Å². The Labute approximate surface area is 305 Å². The molecule has 7 rings (SSSR count). The van der Waals surface area contributed by atoms with Crippen molar-refractivity contribution in [1.29, 1.82) is 0 Å². The SMILES string of the molecule is CC(C)(c1cc2cnccc2o1)N1CCN(C[C@@H](O)C[C@@H](Cc2ccccc2)C(=O)N[C@H]2c3ccccc3OC[C@H]2O)[C@H](C(=O)NC2CCCC2)C1. The summed E-state index contributed by atoms with van der Waals surface area (Å²) in [5.41, 5.74) is 1.99. The number of hydrogen-bond acceptors (Lipinski definition) is 9. The van der Waals surface area contributed by atoms with Crippen LogP contribution in [0.4, 0.5) is 0 Å². The molecule has 1 saturated carbocycles. The molecular weight excluding hydrogens is 658 g/mol. The maximum absolute atomic E-state index is 14.0. The van der Waals surface area contributed by atoms with Crippen molar-refractivity contribution < 1.29 is 29.0 Å². The largest absolute Gasteiger partial charge is 0.490 e. The first-order chi connectivity index (χ1) is 25.2. The van der Waals surface area contributed by atoms with Crippen molar-refractivity contribution in [3.63, 3.8) is 0 Å². The van der Waals surface area contributed by atoms with Gasteiger partial charge in [-0.3, -0.25) is 24.4 Å². The van der Waals surface area contributed by atoms with Gasteiger partial charge in [0.1, 0.15) is 35.8 Å². The number of fused-ring (bicyclic) bond motifs is 2. The Morgan fingerprint density at radius 1 is 1.02 bits per heavy atom. The molecule has 0 radical (unpaired) electrons. The number of piperazine rings is 1. The van der Waals surface area contributed by atoms with Gasteiger partial charge in [-0.05, 0) is 63.3 Å². The molecule has 2 aliphatic heterocycles. The fraction of sp³-hybridized carbons (Fsp3) is 0.488. The van der Waals surface area contributed by atoms with Crippen LogP contribution in [0.2, 0.25) is 0 Å². The fourth-order valence-corrected chi connectivity index (χ4v) is 8.15. The number of rotatable bonds is 12. The van der Waals surface area contributed by atoms with Crippen LogP contribution >= 0.6 is 0 Å². The first kappa shape index (κ1) is 36.1. The summed E-state index contributed by atoms with van der Waals surface area (Å²) in [6.07, 6.45) is 6.52. The molecule has 1 aliphatic carbocycles. The second-order valence-corrected chi connectivity index (χ2v) is 15.2. The minimum absolute atomic E-state index is 0.0286. The zero-order valence-corrected chi connectivity index (χ0v) is 30.1. The standard InChI is InChI=1S/C41H51N5O6/c1-41(2,37-22-29-23-42-17-16-35(29)52-37)46-19-18-45(33(25-46)40(50)43-30-12-6-7-13-30)24-31(47)21-28(20-27-10-4-3-5-11-27)39(49)44-38-32-14-8-9-15-36(32)51-26-34(38)48/h3-5,8-11,14-17,22-23,28,30-31,33-34,38,47-48H,6-7,12-13,18-21,24-26H2,1-2H3,(H,43,50)(H,44,49)/t28-,31+,33+,34-,38+/m1/s1. The van der Waals surface area contributed by atoms with Crippen LogP contribution in [0, 0.1) is 5.92 Å². The summed E-state index contributed by atoms with van der Waals surface area (Å²) in [5, 5.41) is 29.9. The van der Waals surface area contributed by atoms with E-state index in [4.69, 9.17) is 9.15 Å². The van der Waals surface area contributed by atoms with E-state index in [0.717, 1.165) is 53.5 Å². The van der Waals surface area contributed by atoms with E-state index < -0.39 is 35.7 Å². The molecule has 2 aromatic carbocycles. The minimum Gasteiger partial charge on any atom is -0.490 e. The van der Waals surface area contributed by atoms with E-state index in [2.05, 4.69) is 39.3 Å². The lowest BCUT2D eigenvalue weighted by Gasteiger charge is -2.47. The Bertz CT molecular complexity index is 1790. The zero-order chi connectivity index (χ0) is 36.2. The first-order valence-corrected chi connectivity index (χ1v) is 18.7. The molecule has 3 aliphatic rings. The van der Waals surface area contributed by atoms with Crippen LogP contribution in [0.15, 0.2) is 83.5 Å². The highest BCUT2D eigenvalue weighted by atomic mass is 16.5. The molecule has 4 heterocycles. The number of β-amino-alcohol motifs (C(OH)–C–C–N with tert-alkyl or cyclic N) is 1. The van der Waals surface area contributed by atoms with Crippen molar-refractivity contribution in [2.45, 2.75) is 88.2 Å². The number of para-hydroxylation sites is 1. The summed E-state index contributed by atoms with van der Waals surface area (Å²) < 4.78 is 12.0. The van der Waals surface area contributed by atoms with Gasteiger partial charge in [0.2, 0.25) is 11.8 Å². The maximum Gasteiger partial charge on any atom is 0.238 e. The molecule has 2 fully saturated rings. The van der Waals surface area contributed by atoms with Crippen molar-refractivity contribution >= 4 is 22.8 Å². The lowest BCUT2D eigenvalue weighted by atomic mass is 9.90. The summed E-state index contributed by atoms with van der Waals surface area (Å²) >= 11 is 0.